The van der Waals surface area contributed by atoms with Crippen LogP contribution < -0.4 is 4.90 Å². The second-order valence-electron chi connectivity index (χ2n) is 10.1. The first-order valence-corrected chi connectivity index (χ1v) is 13.8. The van der Waals surface area contributed by atoms with Gasteiger partial charge in [0.2, 0.25) is 0 Å². The van der Waals surface area contributed by atoms with Crippen molar-refractivity contribution >= 4 is 51.0 Å². The molecule has 1 N–H and O–H groups in total. The van der Waals surface area contributed by atoms with Gasteiger partial charge < -0.3 is 14.6 Å². The Morgan fingerprint density at radius 2 is 1.00 bits per heavy atom. The minimum absolute atomic E-state index is 0.273. The molecule has 196 valence electrons. The van der Waals surface area contributed by atoms with Gasteiger partial charge in [-0.2, -0.15) is 0 Å². The molecule has 0 spiro atoms. The topological polar surface area (TPSA) is 28.4 Å². The predicted octanol–water partition coefficient (Wildman–Crippen LogP) is 10.1. The molecule has 0 aliphatic heterocycles. The lowest BCUT2D eigenvalue weighted by Gasteiger charge is -2.25. The number of aromatic hydroxyl groups is 1. The van der Waals surface area contributed by atoms with Gasteiger partial charge in [-0.3, -0.25) is 0 Å². The van der Waals surface area contributed by atoms with Gasteiger partial charge in [-0.15, -0.1) is 0 Å². The Labute approximate surface area is 239 Å². The summed E-state index contributed by atoms with van der Waals surface area (Å²) in [5.74, 6) is 0.273. The summed E-state index contributed by atoms with van der Waals surface area (Å²) in [4.78, 5) is 2.31. The summed E-state index contributed by atoms with van der Waals surface area (Å²) in [7, 11) is 0. The first-order chi connectivity index (χ1) is 20.2. The highest BCUT2D eigenvalue weighted by atomic mass is 16.3. The second-order valence-corrected chi connectivity index (χ2v) is 10.1. The summed E-state index contributed by atoms with van der Waals surface area (Å²) in [6.07, 6.45) is 4.15. The molecule has 0 amide bonds. The van der Waals surface area contributed by atoms with Gasteiger partial charge in [-0.25, -0.2) is 0 Å². The van der Waals surface area contributed by atoms with Crippen LogP contribution in [0.2, 0.25) is 0 Å². The molecule has 0 fully saturated rings. The third-order valence-electron chi connectivity index (χ3n) is 7.46. The quantitative estimate of drug-likeness (QED) is 0.218. The third-order valence-corrected chi connectivity index (χ3v) is 7.46. The number of fused-ring (bicyclic) bond motifs is 3. The SMILES string of the molecule is Oc1ccc(/C=C/c2ccc(N(c3ccccc3)c3ccc4c(c3)c3ccccc3n4-c3ccccc3)cc2)cc1. The van der Waals surface area contributed by atoms with Crippen molar-refractivity contribution in [3.05, 3.63) is 163 Å². The molecule has 41 heavy (non-hydrogen) atoms. The average molecular weight is 529 g/mol. The van der Waals surface area contributed by atoms with Crippen LogP contribution in [0.4, 0.5) is 17.1 Å². The van der Waals surface area contributed by atoms with E-state index in [1.54, 1.807) is 12.1 Å². The van der Waals surface area contributed by atoms with Crippen LogP contribution in [-0.2, 0) is 0 Å². The lowest BCUT2D eigenvalue weighted by atomic mass is 10.1. The van der Waals surface area contributed by atoms with Crippen LogP contribution in [-0.4, -0.2) is 9.67 Å². The monoisotopic (exact) mass is 528 g/mol. The molecule has 7 aromatic rings. The van der Waals surface area contributed by atoms with E-state index in [2.05, 4.69) is 149 Å². The lowest BCUT2D eigenvalue weighted by Crippen LogP contribution is -2.09. The van der Waals surface area contributed by atoms with E-state index in [9.17, 15) is 5.11 Å². The fourth-order valence-corrected chi connectivity index (χ4v) is 5.49. The molecule has 0 saturated carbocycles. The smallest absolute Gasteiger partial charge is 0.115 e. The Kier molecular flexibility index (Phi) is 6.31. The number of para-hydroxylation sites is 3. The van der Waals surface area contributed by atoms with E-state index in [1.165, 1.54) is 21.8 Å². The summed E-state index contributed by atoms with van der Waals surface area (Å²) in [6.45, 7) is 0. The lowest BCUT2D eigenvalue weighted by molar-refractivity contribution is 0.475. The zero-order valence-corrected chi connectivity index (χ0v) is 22.4. The average Bonchev–Trinajstić information content (AvgIpc) is 3.36. The van der Waals surface area contributed by atoms with Crippen molar-refractivity contribution in [3.63, 3.8) is 0 Å². The van der Waals surface area contributed by atoms with E-state index < -0.39 is 0 Å². The molecule has 6 aromatic carbocycles. The fourth-order valence-electron chi connectivity index (χ4n) is 5.49. The van der Waals surface area contributed by atoms with E-state index in [1.807, 2.05) is 12.1 Å². The van der Waals surface area contributed by atoms with Crippen LogP contribution in [0, 0.1) is 0 Å². The van der Waals surface area contributed by atoms with Crippen molar-refractivity contribution in [1.29, 1.82) is 0 Å². The van der Waals surface area contributed by atoms with Crippen LogP contribution in [0.25, 0.3) is 39.6 Å². The molecule has 1 aromatic heterocycles. The number of rotatable bonds is 6. The number of aromatic nitrogens is 1. The molecule has 0 saturated heterocycles. The molecule has 1 heterocycles. The Morgan fingerprint density at radius 3 is 1.71 bits per heavy atom. The zero-order chi connectivity index (χ0) is 27.6. The Balaban J connectivity index is 1.32. The van der Waals surface area contributed by atoms with Gasteiger partial charge in [0, 0.05) is 33.5 Å². The van der Waals surface area contributed by atoms with Gasteiger partial charge in [0.25, 0.3) is 0 Å². The number of phenols is 1. The molecule has 0 bridgehead atoms. The summed E-state index contributed by atoms with van der Waals surface area (Å²) in [5, 5.41) is 12.0. The Bertz CT molecular complexity index is 1970. The molecule has 0 unspecified atom stereocenters. The zero-order valence-electron chi connectivity index (χ0n) is 22.4. The van der Waals surface area contributed by atoms with Gasteiger partial charge in [-0.1, -0.05) is 91.0 Å². The van der Waals surface area contributed by atoms with Crippen molar-refractivity contribution in [3.8, 4) is 11.4 Å². The number of hydrogen-bond acceptors (Lipinski definition) is 2. The number of phenolic OH excluding ortho intramolecular Hbond substituents is 1. The normalized spacial score (nSPS) is 11.4. The van der Waals surface area contributed by atoms with E-state index in [0.29, 0.717) is 0 Å². The fraction of sp³-hybridized carbons (Fsp3) is 0. The van der Waals surface area contributed by atoms with Crippen molar-refractivity contribution < 1.29 is 5.11 Å². The van der Waals surface area contributed by atoms with Crippen LogP contribution in [0.15, 0.2) is 152 Å². The van der Waals surface area contributed by atoms with Gasteiger partial charge >= 0.3 is 0 Å². The molecule has 0 aliphatic rings. The Morgan fingerprint density at radius 1 is 0.463 bits per heavy atom. The molecular formula is C38H28N2O. The highest BCUT2D eigenvalue weighted by molar-refractivity contribution is 6.10. The molecule has 7 rings (SSSR count). The maximum Gasteiger partial charge on any atom is 0.115 e. The number of benzene rings is 6. The molecule has 3 heteroatoms. The van der Waals surface area contributed by atoms with Crippen LogP contribution in [0.5, 0.6) is 5.75 Å². The van der Waals surface area contributed by atoms with Gasteiger partial charge in [0.05, 0.1) is 11.0 Å². The third kappa shape index (κ3) is 4.75. The highest BCUT2D eigenvalue weighted by Crippen LogP contribution is 2.39. The number of nitrogens with zero attached hydrogens (tertiary/aromatic N) is 2. The van der Waals surface area contributed by atoms with Crippen molar-refractivity contribution in [1.82, 2.24) is 4.57 Å². The molecular weight excluding hydrogens is 500 g/mol. The van der Waals surface area contributed by atoms with Crippen molar-refractivity contribution in [2.45, 2.75) is 0 Å². The summed E-state index contributed by atoms with van der Waals surface area (Å²) in [6, 6.07) is 52.3. The second kappa shape index (κ2) is 10.6. The van der Waals surface area contributed by atoms with Crippen molar-refractivity contribution in [2.75, 3.05) is 4.90 Å². The van der Waals surface area contributed by atoms with Gasteiger partial charge in [0.1, 0.15) is 5.75 Å². The van der Waals surface area contributed by atoms with E-state index in [0.717, 1.165) is 33.9 Å². The van der Waals surface area contributed by atoms with Crippen LogP contribution in [0.1, 0.15) is 11.1 Å². The van der Waals surface area contributed by atoms with Crippen LogP contribution >= 0.6 is 0 Å². The maximum atomic E-state index is 9.55. The summed E-state index contributed by atoms with van der Waals surface area (Å²) in [5.41, 5.74) is 8.98. The molecule has 0 aliphatic carbocycles. The van der Waals surface area contributed by atoms with E-state index in [4.69, 9.17) is 0 Å². The van der Waals surface area contributed by atoms with Crippen molar-refractivity contribution in [2.24, 2.45) is 0 Å². The van der Waals surface area contributed by atoms with E-state index in [-0.39, 0.29) is 5.75 Å². The first-order valence-electron chi connectivity index (χ1n) is 13.8. The van der Waals surface area contributed by atoms with Gasteiger partial charge in [-0.05, 0) is 83.9 Å². The highest BCUT2D eigenvalue weighted by Gasteiger charge is 2.17. The summed E-state index contributed by atoms with van der Waals surface area (Å²) < 4.78 is 2.34. The largest absolute Gasteiger partial charge is 0.508 e. The Hall–Kier alpha value is -5.54. The molecule has 0 radical (unpaired) electrons. The van der Waals surface area contributed by atoms with Gasteiger partial charge in [0.15, 0.2) is 0 Å². The van der Waals surface area contributed by atoms with Crippen LogP contribution in [0.3, 0.4) is 0 Å². The van der Waals surface area contributed by atoms with E-state index >= 15 is 0 Å². The summed E-state index contributed by atoms with van der Waals surface area (Å²) >= 11 is 0. The number of hydrogen-bond donors (Lipinski definition) is 1. The minimum atomic E-state index is 0.273. The number of anilines is 3. The maximum absolute atomic E-state index is 9.55. The predicted molar refractivity (Wildman–Crippen MR) is 172 cm³/mol. The standard InChI is InChI=1S/C38H28N2O/c41-34-24-19-29(20-25-34)16-15-28-17-21-32(22-18-28)39(30-9-3-1-4-10-30)33-23-26-38-36(27-33)35-13-7-8-14-37(35)40(38)31-11-5-2-6-12-31/h1-27,41H/b16-15+. The first kappa shape index (κ1) is 24.5. The molecule has 0 atom stereocenters. The molecule has 3 nitrogen and oxygen atoms in total. The minimum Gasteiger partial charge on any atom is -0.508 e.